The maximum absolute atomic E-state index is 12.6. The van der Waals surface area contributed by atoms with Crippen molar-refractivity contribution in [3.63, 3.8) is 0 Å². The maximum atomic E-state index is 12.6. The van der Waals surface area contributed by atoms with Crippen LogP contribution in [0.25, 0.3) is 0 Å². The fraction of sp³-hybridized carbons (Fsp3) is 0.556. The molecule has 0 spiro atoms. The van der Waals surface area contributed by atoms with Crippen molar-refractivity contribution in [3.8, 4) is 0 Å². The molecule has 3 rings (SSSR count). The largest absolute Gasteiger partial charge is 0.381 e. The number of nitrogens with one attached hydrogen (secondary N) is 1. The van der Waals surface area contributed by atoms with Crippen LogP contribution in [0, 0.1) is 5.41 Å². The van der Waals surface area contributed by atoms with Gasteiger partial charge in [0.2, 0.25) is 11.8 Å². The van der Waals surface area contributed by atoms with Crippen molar-refractivity contribution in [2.45, 2.75) is 32.2 Å². The van der Waals surface area contributed by atoms with Gasteiger partial charge in [0.25, 0.3) is 0 Å². The van der Waals surface area contributed by atoms with Crippen LogP contribution in [0.2, 0.25) is 0 Å². The van der Waals surface area contributed by atoms with Crippen molar-refractivity contribution >= 4 is 29.9 Å². The van der Waals surface area contributed by atoms with Crippen LogP contribution in [0.15, 0.2) is 24.3 Å². The lowest BCUT2D eigenvalue weighted by atomic mass is 9.79. The first-order valence-electron chi connectivity index (χ1n) is 8.59. The first-order chi connectivity index (χ1) is 11.6. The van der Waals surface area contributed by atoms with E-state index in [0.29, 0.717) is 45.6 Å². The Morgan fingerprint density at radius 2 is 1.92 bits per heavy atom. The van der Waals surface area contributed by atoms with Gasteiger partial charge in [0.15, 0.2) is 0 Å². The van der Waals surface area contributed by atoms with E-state index in [9.17, 15) is 9.59 Å². The minimum atomic E-state index is -0.529. The molecule has 2 heterocycles. The zero-order valence-electron chi connectivity index (χ0n) is 14.3. The Balaban J connectivity index is 0.00000225. The van der Waals surface area contributed by atoms with Crippen LogP contribution in [0.1, 0.15) is 31.2 Å². The zero-order valence-corrected chi connectivity index (χ0v) is 15.1. The molecule has 0 unspecified atom stereocenters. The standard InChI is InChI=1S/C18H25N3O3.ClH/c19-13-18(7-10-24-11-8-18)17(23)20-15-5-3-14(4-6-15)12-21-9-1-2-16(21)22;/h3-6H,1-2,7-13,19H2,(H,20,23);1H. The van der Waals surface area contributed by atoms with Crippen LogP contribution in [0.4, 0.5) is 5.69 Å². The molecule has 2 amide bonds. The van der Waals surface area contributed by atoms with E-state index in [1.165, 1.54) is 0 Å². The van der Waals surface area contributed by atoms with Gasteiger partial charge in [-0.1, -0.05) is 12.1 Å². The van der Waals surface area contributed by atoms with Crippen LogP contribution in [0.5, 0.6) is 0 Å². The number of carbonyl (C=O) groups excluding carboxylic acids is 2. The summed E-state index contributed by atoms with van der Waals surface area (Å²) in [5.74, 6) is 0.188. The Labute approximate surface area is 154 Å². The van der Waals surface area contributed by atoms with Gasteiger partial charge in [0.1, 0.15) is 0 Å². The Kier molecular flexibility index (Phi) is 6.81. The summed E-state index contributed by atoms with van der Waals surface area (Å²) in [5, 5.41) is 2.98. The summed E-state index contributed by atoms with van der Waals surface area (Å²) in [6, 6.07) is 7.69. The average molecular weight is 368 g/mol. The molecular formula is C18H26ClN3O3. The summed E-state index contributed by atoms with van der Waals surface area (Å²) < 4.78 is 5.35. The van der Waals surface area contributed by atoms with Crippen LogP contribution < -0.4 is 11.1 Å². The van der Waals surface area contributed by atoms with E-state index in [1.54, 1.807) is 0 Å². The highest BCUT2D eigenvalue weighted by Gasteiger charge is 2.38. The van der Waals surface area contributed by atoms with E-state index in [4.69, 9.17) is 10.5 Å². The number of ether oxygens (including phenoxy) is 1. The predicted octanol–water partition coefficient (Wildman–Crippen LogP) is 1.92. The summed E-state index contributed by atoms with van der Waals surface area (Å²) in [5.41, 5.74) is 7.17. The fourth-order valence-electron chi connectivity index (χ4n) is 3.33. The molecule has 7 heteroatoms. The first kappa shape index (κ1) is 19.7. The minimum absolute atomic E-state index is 0. The molecule has 0 saturated carbocycles. The highest BCUT2D eigenvalue weighted by Crippen LogP contribution is 2.31. The Morgan fingerprint density at radius 3 is 2.48 bits per heavy atom. The Morgan fingerprint density at radius 1 is 1.24 bits per heavy atom. The lowest BCUT2D eigenvalue weighted by Crippen LogP contribution is -2.46. The van der Waals surface area contributed by atoms with Gasteiger partial charge < -0.3 is 20.7 Å². The molecule has 2 aliphatic rings. The molecule has 1 aromatic rings. The van der Waals surface area contributed by atoms with E-state index in [0.717, 1.165) is 24.2 Å². The lowest BCUT2D eigenvalue weighted by molar-refractivity contribution is -0.130. The monoisotopic (exact) mass is 367 g/mol. The number of halogens is 1. The van der Waals surface area contributed by atoms with Gasteiger partial charge in [-0.15, -0.1) is 12.4 Å². The molecule has 0 bridgehead atoms. The summed E-state index contributed by atoms with van der Waals surface area (Å²) in [4.78, 5) is 26.2. The second kappa shape index (κ2) is 8.65. The number of anilines is 1. The number of amides is 2. The number of hydrogen-bond acceptors (Lipinski definition) is 4. The minimum Gasteiger partial charge on any atom is -0.381 e. The van der Waals surface area contributed by atoms with Crippen molar-refractivity contribution in [2.24, 2.45) is 11.1 Å². The zero-order chi connectivity index (χ0) is 17.0. The predicted molar refractivity (Wildman–Crippen MR) is 98.5 cm³/mol. The van der Waals surface area contributed by atoms with E-state index in [2.05, 4.69) is 5.32 Å². The topological polar surface area (TPSA) is 84.7 Å². The van der Waals surface area contributed by atoms with Crippen molar-refractivity contribution in [3.05, 3.63) is 29.8 Å². The third-order valence-corrected chi connectivity index (χ3v) is 5.08. The number of benzene rings is 1. The smallest absolute Gasteiger partial charge is 0.232 e. The molecule has 1 aromatic carbocycles. The van der Waals surface area contributed by atoms with Gasteiger partial charge in [-0.05, 0) is 37.0 Å². The first-order valence-corrected chi connectivity index (χ1v) is 8.59. The number of likely N-dealkylation sites (tertiary alicyclic amines) is 1. The van der Waals surface area contributed by atoms with Crippen molar-refractivity contribution in [1.82, 2.24) is 4.90 Å². The van der Waals surface area contributed by atoms with Crippen LogP contribution >= 0.6 is 12.4 Å². The van der Waals surface area contributed by atoms with Crippen molar-refractivity contribution in [1.29, 1.82) is 0 Å². The summed E-state index contributed by atoms with van der Waals surface area (Å²) in [6.07, 6.45) is 2.91. The van der Waals surface area contributed by atoms with E-state index >= 15 is 0 Å². The molecule has 138 valence electrons. The van der Waals surface area contributed by atoms with Gasteiger partial charge in [0, 0.05) is 45.0 Å². The third-order valence-electron chi connectivity index (χ3n) is 5.08. The second-order valence-electron chi connectivity index (χ2n) is 6.67. The fourth-order valence-corrected chi connectivity index (χ4v) is 3.33. The Bertz CT molecular complexity index is 600. The molecule has 0 aliphatic carbocycles. The Hall–Kier alpha value is -1.63. The highest BCUT2D eigenvalue weighted by atomic mass is 35.5. The molecule has 2 saturated heterocycles. The summed E-state index contributed by atoms with van der Waals surface area (Å²) in [7, 11) is 0. The quantitative estimate of drug-likeness (QED) is 0.832. The second-order valence-corrected chi connectivity index (χ2v) is 6.67. The number of carbonyl (C=O) groups is 2. The molecule has 2 fully saturated rings. The van der Waals surface area contributed by atoms with Crippen molar-refractivity contribution in [2.75, 3.05) is 31.6 Å². The summed E-state index contributed by atoms with van der Waals surface area (Å²) in [6.45, 7) is 2.95. The summed E-state index contributed by atoms with van der Waals surface area (Å²) >= 11 is 0. The van der Waals surface area contributed by atoms with Crippen LogP contribution in [-0.2, 0) is 20.9 Å². The van der Waals surface area contributed by atoms with Gasteiger partial charge in [-0.25, -0.2) is 0 Å². The maximum Gasteiger partial charge on any atom is 0.232 e. The van der Waals surface area contributed by atoms with Gasteiger partial charge in [-0.2, -0.15) is 0 Å². The number of nitrogens with two attached hydrogens (primary N) is 1. The van der Waals surface area contributed by atoms with Gasteiger partial charge >= 0.3 is 0 Å². The molecule has 6 nitrogen and oxygen atoms in total. The van der Waals surface area contributed by atoms with Gasteiger partial charge in [0.05, 0.1) is 5.41 Å². The highest BCUT2D eigenvalue weighted by molar-refractivity contribution is 5.95. The van der Waals surface area contributed by atoms with Gasteiger partial charge in [-0.3, -0.25) is 9.59 Å². The molecule has 0 aromatic heterocycles. The van der Waals surface area contributed by atoms with E-state index in [-0.39, 0.29) is 24.2 Å². The average Bonchev–Trinajstić information content (AvgIpc) is 3.02. The molecule has 0 radical (unpaired) electrons. The molecule has 25 heavy (non-hydrogen) atoms. The number of rotatable bonds is 5. The van der Waals surface area contributed by atoms with Crippen molar-refractivity contribution < 1.29 is 14.3 Å². The third kappa shape index (κ3) is 4.51. The SMILES string of the molecule is Cl.NCC1(C(=O)Nc2ccc(CN3CCCC3=O)cc2)CCOCC1. The van der Waals surface area contributed by atoms with Crippen LogP contribution in [-0.4, -0.2) is 43.0 Å². The molecular weight excluding hydrogens is 342 g/mol. The van der Waals surface area contributed by atoms with E-state index in [1.807, 2.05) is 29.2 Å². The molecule has 0 atom stereocenters. The molecule has 3 N–H and O–H groups in total. The number of nitrogens with zero attached hydrogens (tertiary/aromatic N) is 1. The molecule has 2 aliphatic heterocycles. The van der Waals surface area contributed by atoms with E-state index < -0.39 is 5.41 Å². The normalized spacial score (nSPS) is 19.4. The lowest BCUT2D eigenvalue weighted by Gasteiger charge is -2.34. The van der Waals surface area contributed by atoms with Crippen LogP contribution in [0.3, 0.4) is 0 Å². The number of hydrogen-bond donors (Lipinski definition) is 2.